The zero-order valence-corrected chi connectivity index (χ0v) is 11.6. The van der Waals surface area contributed by atoms with Crippen molar-refractivity contribution in [3.05, 3.63) is 59.7 Å². The third kappa shape index (κ3) is 4.66. The van der Waals surface area contributed by atoms with Crippen LogP contribution in [0.4, 0.5) is 0 Å². The van der Waals surface area contributed by atoms with Crippen molar-refractivity contribution in [3.63, 3.8) is 0 Å². The molecule has 100 valence electrons. The van der Waals surface area contributed by atoms with Gasteiger partial charge in [0.25, 0.3) is 0 Å². The van der Waals surface area contributed by atoms with Crippen LogP contribution in [0.3, 0.4) is 0 Å². The number of hydrogen-bond acceptors (Lipinski definition) is 2. The topological polar surface area (TPSA) is 18.5 Å². The Morgan fingerprint density at radius 3 is 1.37 bits per heavy atom. The maximum atomic E-state index is 5.64. The summed E-state index contributed by atoms with van der Waals surface area (Å²) in [5.41, 5.74) is 2.49. The standard InChI is InChI=1S/C17H20O2/c1-14-4-8-16(9-5-14)18-12-3-13-19-17-10-6-15(2)7-11-17/h4-11H,3,12-13H2,1-2H3. The Hall–Kier alpha value is -1.96. The largest absolute Gasteiger partial charge is 0.493 e. The smallest absolute Gasteiger partial charge is 0.119 e. The molecule has 0 unspecified atom stereocenters. The summed E-state index contributed by atoms with van der Waals surface area (Å²) in [5.74, 6) is 1.84. The van der Waals surface area contributed by atoms with Crippen molar-refractivity contribution in [2.75, 3.05) is 13.2 Å². The fourth-order valence-electron chi connectivity index (χ4n) is 1.71. The fraction of sp³-hybridized carbons (Fsp3) is 0.294. The van der Waals surface area contributed by atoms with Crippen molar-refractivity contribution in [2.45, 2.75) is 20.3 Å². The van der Waals surface area contributed by atoms with Gasteiger partial charge in [0.15, 0.2) is 0 Å². The molecule has 19 heavy (non-hydrogen) atoms. The molecular weight excluding hydrogens is 236 g/mol. The number of aryl methyl sites for hydroxylation is 2. The van der Waals surface area contributed by atoms with E-state index in [-0.39, 0.29) is 0 Å². The highest BCUT2D eigenvalue weighted by molar-refractivity contribution is 5.27. The quantitative estimate of drug-likeness (QED) is 0.723. The third-order valence-electron chi connectivity index (χ3n) is 2.87. The first-order valence-electron chi connectivity index (χ1n) is 6.63. The molecule has 0 N–H and O–H groups in total. The second-order valence-electron chi connectivity index (χ2n) is 4.68. The van der Waals surface area contributed by atoms with E-state index in [1.165, 1.54) is 11.1 Å². The maximum Gasteiger partial charge on any atom is 0.119 e. The van der Waals surface area contributed by atoms with E-state index < -0.39 is 0 Å². The Balaban J connectivity index is 1.64. The van der Waals surface area contributed by atoms with Crippen molar-refractivity contribution < 1.29 is 9.47 Å². The van der Waals surface area contributed by atoms with E-state index in [9.17, 15) is 0 Å². The summed E-state index contributed by atoms with van der Waals surface area (Å²) in [4.78, 5) is 0. The Kier molecular flexibility index (Phi) is 4.85. The minimum Gasteiger partial charge on any atom is -0.493 e. The van der Waals surface area contributed by atoms with E-state index in [2.05, 4.69) is 38.1 Å². The average molecular weight is 256 g/mol. The van der Waals surface area contributed by atoms with Crippen LogP contribution in [0, 0.1) is 13.8 Å². The van der Waals surface area contributed by atoms with Gasteiger partial charge in [-0.1, -0.05) is 35.4 Å². The summed E-state index contributed by atoms with van der Waals surface area (Å²) in [7, 11) is 0. The molecule has 0 aromatic heterocycles. The van der Waals surface area contributed by atoms with Gasteiger partial charge in [-0.2, -0.15) is 0 Å². The number of ether oxygens (including phenoxy) is 2. The minimum atomic E-state index is 0.676. The summed E-state index contributed by atoms with van der Waals surface area (Å²) in [5, 5.41) is 0. The van der Waals surface area contributed by atoms with Gasteiger partial charge < -0.3 is 9.47 Å². The number of hydrogen-bond donors (Lipinski definition) is 0. The van der Waals surface area contributed by atoms with Gasteiger partial charge >= 0.3 is 0 Å². The highest BCUT2D eigenvalue weighted by atomic mass is 16.5. The molecule has 0 amide bonds. The van der Waals surface area contributed by atoms with E-state index in [0.717, 1.165) is 17.9 Å². The Labute approximate surface area is 115 Å². The molecule has 0 radical (unpaired) electrons. The summed E-state index contributed by atoms with van der Waals surface area (Å²) in [6.07, 6.45) is 0.877. The zero-order chi connectivity index (χ0) is 13.5. The summed E-state index contributed by atoms with van der Waals surface area (Å²) in [6, 6.07) is 16.2. The number of benzene rings is 2. The predicted octanol–water partition coefficient (Wildman–Crippen LogP) is 4.15. The van der Waals surface area contributed by atoms with Crippen molar-refractivity contribution in [3.8, 4) is 11.5 Å². The maximum absolute atomic E-state index is 5.64. The molecule has 0 fully saturated rings. The fourth-order valence-corrected chi connectivity index (χ4v) is 1.71. The third-order valence-corrected chi connectivity index (χ3v) is 2.87. The zero-order valence-electron chi connectivity index (χ0n) is 11.6. The van der Waals surface area contributed by atoms with E-state index in [4.69, 9.17) is 9.47 Å². The first-order valence-corrected chi connectivity index (χ1v) is 6.63. The molecule has 2 aromatic rings. The summed E-state index contributed by atoms with van der Waals surface area (Å²) < 4.78 is 11.3. The van der Waals surface area contributed by atoms with Crippen LogP contribution in [0.5, 0.6) is 11.5 Å². The van der Waals surface area contributed by atoms with Crippen molar-refractivity contribution in [2.24, 2.45) is 0 Å². The summed E-state index contributed by atoms with van der Waals surface area (Å²) >= 11 is 0. The SMILES string of the molecule is Cc1ccc(OCCCOc2ccc(C)cc2)cc1. The molecule has 0 heterocycles. The lowest BCUT2D eigenvalue weighted by Gasteiger charge is -2.08. The van der Waals surface area contributed by atoms with Crippen molar-refractivity contribution in [1.82, 2.24) is 0 Å². The molecule has 2 heteroatoms. The Morgan fingerprint density at radius 2 is 1.00 bits per heavy atom. The van der Waals surface area contributed by atoms with Crippen LogP contribution in [-0.2, 0) is 0 Å². The first kappa shape index (κ1) is 13.5. The number of rotatable bonds is 6. The van der Waals surface area contributed by atoms with Crippen LogP contribution in [0.15, 0.2) is 48.5 Å². The molecule has 0 spiro atoms. The lowest BCUT2D eigenvalue weighted by atomic mass is 10.2. The van der Waals surface area contributed by atoms with E-state index >= 15 is 0 Å². The summed E-state index contributed by atoms with van der Waals surface area (Å²) in [6.45, 7) is 5.49. The van der Waals surface area contributed by atoms with Gasteiger partial charge in [-0.15, -0.1) is 0 Å². The molecule has 2 nitrogen and oxygen atoms in total. The van der Waals surface area contributed by atoms with Gasteiger partial charge in [0.2, 0.25) is 0 Å². The predicted molar refractivity (Wildman–Crippen MR) is 78.0 cm³/mol. The lowest BCUT2D eigenvalue weighted by Crippen LogP contribution is -2.04. The molecule has 0 bridgehead atoms. The van der Waals surface area contributed by atoms with Gasteiger partial charge in [0.05, 0.1) is 13.2 Å². The Bertz CT molecular complexity index is 438. The van der Waals surface area contributed by atoms with Crippen molar-refractivity contribution in [1.29, 1.82) is 0 Å². The molecule has 0 aliphatic heterocycles. The van der Waals surface area contributed by atoms with Gasteiger partial charge in [0.1, 0.15) is 11.5 Å². The van der Waals surface area contributed by atoms with Gasteiger partial charge in [0, 0.05) is 6.42 Å². The molecular formula is C17H20O2. The van der Waals surface area contributed by atoms with Crippen LogP contribution >= 0.6 is 0 Å². The highest BCUT2D eigenvalue weighted by Crippen LogP contribution is 2.13. The van der Waals surface area contributed by atoms with Crippen LogP contribution in [-0.4, -0.2) is 13.2 Å². The first-order chi connectivity index (χ1) is 9.24. The molecule has 0 aliphatic rings. The van der Waals surface area contributed by atoms with E-state index in [1.807, 2.05) is 24.3 Å². The average Bonchev–Trinajstić information content (AvgIpc) is 2.43. The molecule has 2 aromatic carbocycles. The molecule has 0 saturated heterocycles. The normalized spacial score (nSPS) is 10.2. The Morgan fingerprint density at radius 1 is 0.632 bits per heavy atom. The van der Waals surface area contributed by atoms with E-state index in [0.29, 0.717) is 13.2 Å². The van der Waals surface area contributed by atoms with Gasteiger partial charge in [-0.3, -0.25) is 0 Å². The highest BCUT2D eigenvalue weighted by Gasteiger charge is 1.95. The monoisotopic (exact) mass is 256 g/mol. The van der Waals surface area contributed by atoms with Crippen LogP contribution in [0.1, 0.15) is 17.5 Å². The van der Waals surface area contributed by atoms with Crippen LogP contribution < -0.4 is 9.47 Å². The van der Waals surface area contributed by atoms with Crippen molar-refractivity contribution >= 4 is 0 Å². The lowest BCUT2D eigenvalue weighted by molar-refractivity contribution is 0.247. The molecule has 0 atom stereocenters. The molecule has 0 saturated carbocycles. The van der Waals surface area contributed by atoms with Crippen LogP contribution in [0.25, 0.3) is 0 Å². The van der Waals surface area contributed by atoms with Gasteiger partial charge in [-0.05, 0) is 38.1 Å². The second kappa shape index (κ2) is 6.83. The van der Waals surface area contributed by atoms with Gasteiger partial charge in [-0.25, -0.2) is 0 Å². The molecule has 2 rings (SSSR count). The van der Waals surface area contributed by atoms with E-state index in [1.54, 1.807) is 0 Å². The van der Waals surface area contributed by atoms with Crippen LogP contribution in [0.2, 0.25) is 0 Å². The molecule has 0 aliphatic carbocycles. The second-order valence-corrected chi connectivity index (χ2v) is 4.68. The minimum absolute atomic E-state index is 0.676.